The molecule has 2 heteroatoms. The molecule has 0 aromatic heterocycles. The van der Waals surface area contributed by atoms with Gasteiger partial charge >= 0.3 is 0 Å². The summed E-state index contributed by atoms with van der Waals surface area (Å²) >= 11 is 4.08. The van der Waals surface area contributed by atoms with Crippen molar-refractivity contribution in [1.29, 1.82) is 0 Å². The maximum absolute atomic E-state index is 8.67. The van der Waals surface area contributed by atoms with E-state index in [1.165, 1.54) is 0 Å². The molecular weight excluding hydrogens is 108 g/mol. The van der Waals surface area contributed by atoms with Crippen LogP contribution >= 0.6 is 12.6 Å². The summed E-state index contributed by atoms with van der Waals surface area (Å²) in [5.74, 6) is 0. The van der Waals surface area contributed by atoms with Gasteiger partial charge in [0.2, 0.25) is 0 Å². The van der Waals surface area contributed by atoms with E-state index in [0.29, 0.717) is 5.25 Å². The average molecular weight is 120 g/mol. The molecule has 0 aliphatic rings. The first-order valence-electron chi connectivity index (χ1n) is 2.49. The van der Waals surface area contributed by atoms with Crippen LogP contribution in [0.2, 0.25) is 0 Å². The molecule has 0 fully saturated rings. The SMILES string of the molecule is C[C@H](S)C[C@@H](C)O. The van der Waals surface area contributed by atoms with E-state index in [2.05, 4.69) is 12.6 Å². The zero-order valence-electron chi connectivity index (χ0n) is 4.76. The van der Waals surface area contributed by atoms with Crippen LogP contribution in [-0.4, -0.2) is 16.5 Å². The molecule has 44 valence electrons. The Hall–Kier alpha value is 0.310. The van der Waals surface area contributed by atoms with E-state index >= 15 is 0 Å². The van der Waals surface area contributed by atoms with Gasteiger partial charge in [-0.25, -0.2) is 0 Å². The van der Waals surface area contributed by atoms with Gasteiger partial charge in [0, 0.05) is 5.25 Å². The van der Waals surface area contributed by atoms with Crippen LogP contribution in [0.5, 0.6) is 0 Å². The van der Waals surface area contributed by atoms with Crippen molar-refractivity contribution in [2.24, 2.45) is 0 Å². The summed E-state index contributed by atoms with van der Waals surface area (Å²) in [5, 5.41) is 8.99. The van der Waals surface area contributed by atoms with E-state index in [4.69, 9.17) is 5.11 Å². The third kappa shape index (κ3) is 6.31. The Morgan fingerprint density at radius 2 is 2.00 bits per heavy atom. The monoisotopic (exact) mass is 120 g/mol. The van der Waals surface area contributed by atoms with E-state index in [9.17, 15) is 0 Å². The van der Waals surface area contributed by atoms with Crippen molar-refractivity contribution in [3.63, 3.8) is 0 Å². The molecule has 0 heterocycles. The van der Waals surface area contributed by atoms with E-state index in [0.717, 1.165) is 6.42 Å². The Labute approximate surface area is 50.1 Å². The van der Waals surface area contributed by atoms with Crippen molar-refractivity contribution >= 4 is 12.6 Å². The molecule has 0 radical (unpaired) electrons. The summed E-state index contributed by atoms with van der Waals surface area (Å²) < 4.78 is 0. The normalized spacial score (nSPS) is 18.9. The smallest absolute Gasteiger partial charge is 0.0522 e. The molecule has 0 aromatic carbocycles. The average Bonchev–Trinajstić information content (AvgIpc) is 1.27. The first-order chi connectivity index (χ1) is 3.13. The molecule has 0 aliphatic heterocycles. The molecular formula is C5H12OS. The van der Waals surface area contributed by atoms with Gasteiger partial charge in [-0.3, -0.25) is 0 Å². The van der Waals surface area contributed by atoms with E-state index < -0.39 is 0 Å². The zero-order chi connectivity index (χ0) is 5.86. The number of aliphatic hydroxyl groups is 1. The second-order valence-corrected chi connectivity index (χ2v) is 2.82. The molecule has 0 aromatic rings. The van der Waals surface area contributed by atoms with Crippen molar-refractivity contribution in [2.75, 3.05) is 0 Å². The van der Waals surface area contributed by atoms with Crippen molar-refractivity contribution in [3.8, 4) is 0 Å². The first kappa shape index (κ1) is 7.31. The lowest BCUT2D eigenvalue weighted by Gasteiger charge is -2.04. The fraction of sp³-hybridized carbons (Fsp3) is 1.00. The highest BCUT2D eigenvalue weighted by Crippen LogP contribution is 2.01. The third-order valence-electron chi connectivity index (χ3n) is 0.682. The van der Waals surface area contributed by atoms with E-state index in [1.807, 2.05) is 6.92 Å². The quantitative estimate of drug-likeness (QED) is 0.522. The highest BCUT2D eigenvalue weighted by Gasteiger charge is 1.98. The van der Waals surface area contributed by atoms with Gasteiger partial charge in [-0.15, -0.1) is 0 Å². The van der Waals surface area contributed by atoms with Crippen LogP contribution < -0.4 is 0 Å². The van der Waals surface area contributed by atoms with Crippen LogP contribution in [0.1, 0.15) is 20.3 Å². The van der Waals surface area contributed by atoms with E-state index in [1.54, 1.807) is 6.92 Å². The predicted octanol–water partition coefficient (Wildman–Crippen LogP) is 1.08. The minimum Gasteiger partial charge on any atom is -0.393 e. The van der Waals surface area contributed by atoms with Crippen LogP contribution in [0.25, 0.3) is 0 Å². The largest absolute Gasteiger partial charge is 0.393 e. The molecule has 0 aliphatic carbocycles. The molecule has 1 N–H and O–H groups in total. The van der Waals surface area contributed by atoms with Gasteiger partial charge in [-0.1, -0.05) is 6.92 Å². The first-order valence-corrected chi connectivity index (χ1v) is 3.00. The maximum Gasteiger partial charge on any atom is 0.0522 e. The lowest BCUT2D eigenvalue weighted by atomic mass is 10.2. The number of hydrogen-bond donors (Lipinski definition) is 2. The van der Waals surface area contributed by atoms with Crippen molar-refractivity contribution in [3.05, 3.63) is 0 Å². The second kappa shape index (κ2) is 3.33. The highest BCUT2D eigenvalue weighted by molar-refractivity contribution is 7.80. The van der Waals surface area contributed by atoms with Gasteiger partial charge in [0.25, 0.3) is 0 Å². The van der Waals surface area contributed by atoms with Gasteiger partial charge < -0.3 is 5.11 Å². The molecule has 0 bridgehead atoms. The van der Waals surface area contributed by atoms with Crippen molar-refractivity contribution in [2.45, 2.75) is 31.6 Å². The molecule has 7 heavy (non-hydrogen) atoms. The van der Waals surface area contributed by atoms with Gasteiger partial charge in [-0.05, 0) is 13.3 Å². The molecule has 0 saturated heterocycles. The van der Waals surface area contributed by atoms with E-state index in [-0.39, 0.29) is 6.10 Å². The van der Waals surface area contributed by atoms with Crippen LogP contribution in [0.3, 0.4) is 0 Å². The van der Waals surface area contributed by atoms with Gasteiger partial charge in [0.05, 0.1) is 6.10 Å². The molecule has 1 nitrogen and oxygen atoms in total. The number of thiol groups is 1. The lowest BCUT2D eigenvalue weighted by molar-refractivity contribution is 0.185. The van der Waals surface area contributed by atoms with Crippen LogP contribution in [0.4, 0.5) is 0 Å². The molecule has 0 spiro atoms. The molecule has 0 rings (SSSR count). The number of aliphatic hydroxyl groups excluding tert-OH is 1. The Bertz CT molecular complexity index is 37.3. The summed E-state index contributed by atoms with van der Waals surface area (Å²) in [6.07, 6.45) is 0.579. The Morgan fingerprint density at radius 1 is 1.57 bits per heavy atom. The molecule has 0 unspecified atom stereocenters. The molecule has 0 saturated carbocycles. The molecule has 0 amide bonds. The highest BCUT2D eigenvalue weighted by atomic mass is 32.1. The Kier molecular flexibility index (Phi) is 3.48. The minimum absolute atomic E-state index is 0.201. The van der Waals surface area contributed by atoms with Crippen LogP contribution in [-0.2, 0) is 0 Å². The minimum atomic E-state index is -0.201. The van der Waals surface area contributed by atoms with Gasteiger partial charge in [-0.2, -0.15) is 12.6 Å². The second-order valence-electron chi connectivity index (χ2n) is 1.93. The standard InChI is InChI=1S/C5H12OS/c1-4(6)3-5(2)7/h4-7H,3H2,1-2H3/t4-,5+/m1/s1. The van der Waals surface area contributed by atoms with Crippen LogP contribution in [0, 0.1) is 0 Å². The summed E-state index contributed by atoms with van der Waals surface area (Å²) in [4.78, 5) is 0. The van der Waals surface area contributed by atoms with Gasteiger partial charge in [0.1, 0.15) is 0 Å². The maximum atomic E-state index is 8.67. The zero-order valence-corrected chi connectivity index (χ0v) is 5.65. The number of rotatable bonds is 2. The van der Waals surface area contributed by atoms with Crippen molar-refractivity contribution in [1.82, 2.24) is 0 Å². The number of hydrogen-bond acceptors (Lipinski definition) is 2. The fourth-order valence-electron chi connectivity index (χ4n) is 0.494. The fourth-order valence-corrected chi connectivity index (χ4v) is 0.799. The van der Waals surface area contributed by atoms with Gasteiger partial charge in [0.15, 0.2) is 0 Å². The summed E-state index contributed by atoms with van der Waals surface area (Å²) in [7, 11) is 0. The summed E-state index contributed by atoms with van der Waals surface area (Å²) in [5.41, 5.74) is 0. The summed E-state index contributed by atoms with van der Waals surface area (Å²) in [6, 6.07) is 0. The summed E-state index contributed by atoms with van der Waals surface area (Å²) in [6.45, 7) is 3.74. The molecule has 2 atom stereocenters. The Balaban J connectivity index is 2.95. The lowest BCUT2D eigenvalue weighted by Crippen LogP contribution is -2.05. The Morgan fingerprint density at radius 3 is 2.00 bits per heavy atom. The predicted molar refractivity (Wildman–Crippen MR) is 34.7 cm³/mol. The van der Waals surface area contributed by atoms with Crippen molar-refractivity contribution < 1.29 is 5.11 Å². The van der Waals surface area contributed by atoms with Crippen LogP contribution in [0.15, 0.2) is 0 Å². The topological polar surface area (TPSA) is 20.2 Å². The third-order valence-corrected chi connectivity index (χ3v) is 0.893.